The van der Waals surface area contributed by atoms with Crippen LogP contribution in [0.4, 0.5) is 4.39 Å². The minimum atomic E-state index is -0.323. The van der Waals surface area contributed by atoms with Crippen LogP contribution in [0.15, 0.2) is 18.2 Å². The molecule has 2 N–H and O–H groups in total. The lowest BCUT2D eigenvalue weighted by Crippen LogP contribution is -2.25. The fourth-order valence-corrected chi connectivity index (χ4v) is 2.44. The Morgan fingerprint density at radius 3 is 3.00 bits per heavy atom. The molecular formula is C14H17FN2O. The Bertz CT molecular complexity index is 456. The van der Waals surface area contributed by atoms with Gasteiger partial charge in [0.05, 0.1) is 24.3 Å². The molecule has 1 aliphatic carbocycles. The minimum Gasteiger partial charge on any atom is -0.373 e. The molecule has 1 saturated carbocycles. The molecule has 0 amide bonds. The molecule has 4 heteroatoms. The normalized spacial score (nSPS) is 22.9. The van der Waals surface area contributed by atoms with Gasteiger partial charge in [-0.3, -0.25) is 0 Å². The summed E-state index contributed by atoms with van der Waals surface area (Å²) >= 11 is 0. The number of halogens is 1. The van der Waals surface area contributed by atoms with E-state index in [1.165, 1.54) is 12.1 Å². The van der Waals surface area contributed by atoms with Crippen molar-refractivity contribution in [2.45, 2.75) is 32.0 Å². The van der Waals surface area contributed by atoms with Crippen LogP contribution in [0.5, 0.6) is 0 Å². The lowest BCUT2D eigenvalue weighted by Gasteiger charge is -2.18. The summed E-state index contributed by atoms with van der Waals surface area (Å²) in [6.45, 7) is 0.827. The second kappa shape index (κ2) is 5.94. The van der Waals surface area contributed by atoms with Gasteiger partial charge in [0, 0.05) is 5.56 Å². The van der Waals surface area contributed by atoms with Gasteiger partial charge in [-0.25, -0.2) is 4.39 Å². The summed E-state index contributed by atoms with van der Waals surface area (Å²) in [5.74, 6) is 0.0588. The van der Waals surface area contributed by atoms with Gasteiger partial charge in [0.1, 0.15) is 5.82 Å². The van der Waals surface area contributed by atoms with Crippen molar-refractivity contribution in [1.29, 1.82) is 5.26 Å². The second-order valence-electron chi connectivity index (χ2n) is 4.69. The molecule has 0 bridgehead atoms. The van der Waals surface area contributed by atoms with Crippen LogP contribution in [0.2, 0.25) is 0 Å². The van der Waals surface area contributed by atoms with Crippen molar-refractivity contribution in [2.75, 3.05) is 6.54 Å². The third-order valence-corrected chi connectivity index (χ3v) is 3.52. The molecular weight excluding hydrogens is 231 g/mol. The van der Waals surface area contributed by atoms with Gasteiger partial charge >= 0.3 is 0 Å². The van der Waals surface area contributed by atoms with Gasteiger partial charge in [-0.1, -0.05) is 6.42 Å². The highest BCUT2D eigenvalue weighted by atomic mass is 19.1. The topological polar surface area (TPSA) is 59.0 Å². The Kier molecular flexibility index (Phi) is 4.29. The number of benzene rings is 1. The fourth-order valence-electron chi connectivity index (χ4n) is 2.44. The van der Waals surface area contributed by atoms with E-state index in [1.807, 2.05) is 6.07 Å². The van der Waals surface area contributed by atoms with E-state index < -0.39 is 0 Å². The van der Waals surface area contributed by atoms with Gasteiger partial charge in [0.2, 0.25) is 0 Å². The molecule has 0 spiro atoms. The third-order valence-electron chi connectivity index (χ3n) is 3.52. The van der Waals surface area contributed by atoms with E-state index in [0.29, 0.717) is 23.6 Å². The molecule has 96 valence electrons. The van der Waals surface area contributed by atoms with Crippen LogP contribution in [-0.2, 0) is 11.3 Å². The van der Waals surface area contributed by atoms with E-state index in [0.717, 1.165) is 19.3 Å². The van der Waals surface area contributed by atoms with Crippen LogP contribution in [0.25, 0.3) is 0 Å². The van der Waals surface area contributed by atoms with E-state index in [1.54, 1.807) is 6.07 Å². The highest BCUT2D eigenvalue weighted by molar-refractivity contribution is 5.33. The molecule has 1 aromatic carbocycles. The van der Waals surface area contributed by atoms with E-state index in [-0.39, 0.29) is 18.5 Å². The van der Waals surface area contributed by atoms with Crippen molar-refractivity contribution >= 4 is 0 Å². The number of ether oxygens (including phenoxy) is 1. The average Bonchev–Trinajstić information content (AvgIpc) is 2.85. The van der Waals surface area contributed by atoms with Gasteiger partial charge in [-0.15, -0.1) is 0 Å². The van der Waals surface area contributed by atoms with Crippen LogP contribution in [-0.4, -0.2) is 12.6 Å². The first kappa shape index (κ1) is 13.0. The standard InChI is InChI=1S/C14H17FN2O/c15-13-5-4-10(7-16)6-12(13)9-18-14-3-1-2-11(14)8-17/h4-6,11,14H,1-3,8-9,17H2. The van der Waals surface area contributed by atoms with E-state index >= 15 is 0 Å². The van der Waals surface area contributed by atoms with Crippen LogP contribution in [0.1, 0.15) is 30.4 Å². The van der Waals surface area contributed by atoms with Gasteiger partial charge in [0.15, 0.2) is 0 Å². The van der Waals surface area contributed by atoms with Crippen molar-refractivity contribution in [3.05, 3.63) is 35.1 Å². The molecule has 0 saturated heterocycles. The Morgan fingerprint density at radius 2 is 2.28 bits per heavy atom. The van der Waals surface area contributed by atoms with Crippen molar-refractivity contribution < 1.29 is 9.13 Å². The first-order valence-electron chi connectivity index (χ1n) is 6.24. The summed E-state index contributed by atoms with van der Waals surface area (Å²) in [7, 11) is 0. The Balaban J connectivity index is 1.99. The maximum absolute atomic E-state index is 13.5. The predicted molar refractivity (Wildman–Crippen MR) is 66.1 cm³/mol. The Hall–Kier alpha value is -1.44. The minimum absolute atomic E-state index is 0.125. The monoisotopic (exact) mass is 248 g/mol. The van der Waals surface area contributed by atoms with Gasteiger partial charge in [-0.2, -0.15) is 5.26 Å². The van der Waals surface area contributed by atoms with Crippen LogP contribution < -0.4 is 5.73 Å². The summed E-state index contributed by atoms with van der Waals surface area (Å²) in [6.07, 6.45) is 3.32. The Morgan fingerprint density at radius 1 is 1.44 bits per heavy atom. The molecule has 1 aliphatic rings. The number of nitrogens with two attached hydrogens (primary N) is 1. The van der Waals surface area contributed by atoms with Crippen molar-refractivity contribution in [3.8, 4) is 6.07 Å². The van der Waals surface area contributed by atoms with E-state index in [9.17, 15) is 4.39 Å². The quantitative estimate of drug-likeness (QED) is 0.889. The number of hydrogen-bond acceptors (Lipinski definition) is 3. The van der Waals surface area contributed by atoms with E-state index in [2.05, 4.69) is 0 Å². The number of rotatable bonds is 4. The van der Waals surface area contributed by atoms with Gasteiger partial charge < -0.3 is 10.5 Å². The van der Waals surface area contributed by atoms with Crippen molar-refractivity contribution in [1.82, 2.24) is 0 Å². The third kappa shape index (κ3) is 2.87. The maximum Gasteiger partial charge on any atom is 0.128 e. The maximum atomic E-state index is 13.5. The largest absolute Gasteiger partial charge is 0.373 e. The number of nitrogens with zero attached hydrogens (tertiary/aromatic N) is 1. The zero-order valence-electron chi connectivity index (χ0n) is 10.2. The molecule has 1 aromatic rings. The van der Waals surface area contributed by atoms with E-state index in [4.69, 9.17) is 15.7 Å². The SMILES string of the molecule is N#Cc1ccc(F)c(COC2CCCC2CN)c1. The molecule has 2 rings (SSSR count). The van der Waals surface area contributed by atoms with Gasteiger partial charge in [0.25, 0.3) is 0 Å². The lowest BCUT2D eigenvalue weighted by molar-refractivity contribution is 0.0169. The predicted octanol–water partition coefficient (Wildman–Crippen LogP) is 2.34. The summed E-state index contributed by atoms with van der Waals surface area (Å²) in [4.78, 5) is 0. The summed E-state index contributed by atoms with van der Waals surface area (Å²) in [6, 6.07) is 6.32. The van der Waals surface area contributed by atoms with Crippen molar-refractivity contribution in [3.63, 3.8) is 0 Å². The van der Waals surface area contributed by atoms with Gasteiger partial charge in [-0.05, 0) is 43.5 Å². The zero-order valence-corrected chi connectivity index (χ0v) is 10.2. The first-order valence-corrected chi connectivity index (χ1v) is 6.24. The summed E-state index contributed by atoms with van der Waals surface area (Å²) in [5.41, 5.74) is 6.57. The zero-order chi connectivity index (χ0) is 13.0. The lowest BCUT2D eigenvalue weighted by atomic mass is 10.1. The van der Waals surface area contributed by atoms with Crippen LogP contribution >= 0.6 is 0 Å². The molecule has 0 aliphatic heterocycles. The second-order valence-corrected chi connectivity index (χ2v) is 4.69. The highest BCUT2D eigenvalue weighted by Crippen LogP contribution is 2.28. The smallest absolute Gasteiger partial charge is 0.128 e. The highest BCUT2D eigenvalue weighted by Gasteiger charge is 2.26. The molecule has 1 fully saturated rings. The number of hydrogen-bond donors (Lipinski definition) is 1. The molecule has 0 radical (unpaired) electrons. The Labute approximate surface area is 106 Å². The summed E-state index contributed by atoms with van der Waals surface area (Å²) < 4.78 is 19.3. The molecule has 18 heavy (non-hydrogen) atoms. The first-order chi connectivity index (χ1) is 8.74. The molecule has 2 unspecified atom stereocenters. The average molecular weight is 248 g/mol. The molecule has 3 nitrogen and oxygen atoms in total. The van der Waals surface area contributed by atoms with Crippen LogP contribution in [0, 0.1) is 23.1 Å². The summed E-state index contributed by atoms with van der Waals surface area (Å²) in [5, 5.41) is 8.78. The van der Waals surface area contributed by atoms with Crippen molar-refractivity contribution in [2.24, 2.45) is 11.7 Å². The molecule has 0 heterocycles. The fraction of sp³-hybridized carbons (Fsp3) is 0.500. The van der Waals surface area contributed by atoms with Crippen LogP contribution in [0.3, 0.4) is 0 Å². The molecule has 2 atom stereocenters. The molecule has 0 aromatic heterocycles. The number of nitriles is 1.